The Kier molecular flexibility index (Phi) is 8.95. The van der Waals surface area contributed by atoms with Gasteiger partial charge in [-0.2, -0.15) is 0 Å². The summed E-state index contributed by atoms with van der Waals surface area (Å²) in [4.78, 5) is 12.1. The fraction of sp³-hybridized carbons (Fsp3) is 0.450. The Morgan fingerprint density at radius 3 is 2.45 bits per heavy atom. The van der Waals surface area contributed by atoms with E-state index in [4.69, 9.17) is 14.2 Å². The van der Waals surface area contributed by atoms with E-state index in [2.05, 4.69) is 6.58 Å². The van der Waals surface area contributed by atoms with E-state index >= 15 is 0 Å². The smallest absolute Gasteiger partial charge is 0.331 e. The Hall–Kier alpha value is -2.51. The van der Waals surface area contributed by atoms with Gasteiger partial charge in [0.15, 0.2) is 17.8 Å². The predicted molar refractivity (Wildman–Crippen MR) is 105 cm³/mol. The zero-order chi connectivity index (χ0) is 23.1. The lowest BCUT2D eigenvalue weighted by Crippen LogP contribution is -2.59. The van der Waals surface area contributed by atoms with Crippen LogP contribution in [0.1, 0.15) is 5.56 Å². The highest BCUT2D eigenvalue weighted by molar-refractivity contribution is 5.87. The third-order valence-electron chi connectivity index (χ3n) is 4.59. The Labute approximate surface area is 177 Å². The lowest BCUT2D eigenvalue weighted by molar-refractivity contribution is -0.304. The van der Waals surface area contributed by atoms with E-state index in [1.807, 2.05) is 0 Å². The summed E-state index contributed by atoms with van der Waals surface area (Å²) in [6.07, 6.45) is -6.24. The van der Waals surface area contributed by atoms with E-state index < -0.39 is 62.6 Å². The van der Waals surface area contributed by atoms with Crippen LogP contribution in [0.5, 0.6) is 11.5 Å². The second-order valence-corrected chi connectivity index (χ2v) is 6.85. The highest BCUT2D eigenvalue weighted by Crippen LogP contribution is 2.25. The van der Waals surface area contributed by atoms with Crippen molar-refractivity contribution in [3.05, 3.63) is 42.0 Å². The SMILES string of the molecule is C=C(CO)C(CO[C@@H]1OC(CO)[C@@H](O)C(O)C1O)OC(=O)/C=C/c1ccc(O)c(O)c1. The molecule has 0 bridgehead atoms. The molecule has 31 heavy (non-hydrogen) atoms. The molecule has 2 rings (SSSR count). The van der Waals surface area contributed by atoms with Crippen LogP contribution in [-0.2, 0) is 19.0 Å². The van der Waals surface area contributed by atoms with E-state index in [0.29, 0.717) is 5.56 Å². The molecule has 7 N–H and O–H groups in total. The third kappa shape index (κ3) is 6.48. The number of ether oxygens (including phenoxy) is 3. The van der Waals surface area contributed by atoms with Gasteiger partial charge in [0.2, 0.25) is 0 Å². The molecule has 1 aliphatic rings. The summed E-state index contributed by atoms with van der Waals surface area (Å²) < 4.78 is 15.7. The van der Waals surface area contributed by atoms with Crippen molar-refractivity contribution in [2.24, 2.45) is 0 Å². The molecule has 11 heteroatoms. The molecule has 1 heterocycles. The van der Waals surface area contributed by atoms with Gasteiger partial charge >= 0.3 is 5.97 Å². The Bertz CT molecular complexity index is 791. The third-order valence-corrected chi connectivity index (χ3v) is 4.59. The molecule has 0 amide bonds. The number of hydrogen-bond donors (Lipinski definition) is 7. The van der Waals surface area contributed by atoms with Gasteiger partial charge in [0, 0.05) is 6.08 Å². The van der Waals surface area contributed by atoms with Crippen LogP contribution < -0.4 is 0 Å². The van der Waals surface area contributed by atoms with Crippen LogP contribution >= 0.6 is 0 Å². The molecule has 6 atom stereocenters. The van der Waals surface area contributed by atoms with E-state index in [1.54, 1.807) is 0 Å². The minimum atomic E-state index is -1.64. The van der Waals surface area contributed by atoms with Crippen LogP contribution in [-0.4, -0.2) is 98.3 Å². The fourth-order valence-electron chi connectivity index (χ4n) is 2.71. The number of aliphatic hydroxyl groups is 5. The average Bonchev–Trinajstić information content (AvgIpc) is 2.76. The summed E-state index contributed by atoms with van der Waals surface area (Å²) in [6.45, 7) is 2.00. The van der Waals surface area contributed by atoms with Gasteiger partial charge in [-0.3, -0.25) is 0 Å². The zero-order valence-electron chi connectivity index (χ0n) is 16.4. The maximum Gasteiger partial charge on any atom is 0.331 e. The maximum atomic E-state index is 12.1. The van der Waals surface area contributed by atoms with Gasteiger partial charge in [-0.25, -0.2) is 4.79 Å². The Morgan fingerprint density at radius 2 is 1.84 bits per heavy atom. The normalized spacial score (nSPS) is 27.2. The zero-order valence-corrected chi connectivity index (χ0v) is 16.4. The van der Waals surface area contributed by atoms with Gasteiger partial charge in [0.1, 0.15) is 30.5 Å². The highest BCUT2D eigenvalue weighted by atomic mass is 16.7. The summed E-state index contributed by atoms with van der Waals surface area (Å²) in [5, 5.41) is 66.9. The number of benzene rings is 1. The quantitative estimate of drug-likeness (QED) is 0.101. The molecule has 0 aliphatic carbocycles. The molecule has 0 spiro atoms. The van der Waals surface area contributed by atoms with E-state index in [0.717, 1.165) is 6.08 Å². The molecule has 1 aliphatic heterocycles. The number of esters is 1. The maximum absolute atomic E-state index is 12.1. The van der Waals surface area contributed by atoms with Crippen molar-refractivity contribution in [3.63, 3.8) is 0 Å². The van der Waals surface area contributed by atoms with Crippen molar-refractivity contribution in [2.45, 2.75) is 36.8 Å². The van der Waals surface area contributed by atoms with Crippen LogP contribution in [0.2, 0.25) is 0 Å². The number of hydrogen-bond acceptors (Lipinski definition) is 11. The van der Waals surface area contributed by atoms with Crippen LogP contribution in [0, 0.1) is 0 Å². The second kappa shape index (κ2) is 11.2. The van der Waals surface area contributed by atoms with Crippen molar-refractivity contribution < 1.29 is 54.8 Å². The summed E-state index contributed by atoms with van der Waals surface area (Å²) in [5.74, 6) is -1.52. The number of aromatic hydroxyl groups is 2. The summed E-state index contributed by atoms with van der Waals surface area (Å²) in [6, 6.07) is 3.92. The fourth-order valence-corrected chi connectivity index (χ4v) is 2.71. The number of phenolic OH excluding ortho intramolecular Hbond substituents is 2. The summed E-state index contributed by atoms with van der Waals surface area (Å²) in [5.41, 5.74) is 0.482. The molecule has 172 valence electrons. The van der Waals surface area contributed by atoms with Gasteiger partial charge in [0.25, 0.3) is 0 Å². The largest absolute Gasteiger partial charge is 0.504 e. The molecule has 1 saturated heterocycles. The lowest BCUT2D eigenvalue weighted by atomic mass is 9.99. The second-order valence-electron chi connectivity index (χ2n) is 6.85. The van der Waals surface area contributed by atoms with Crippen LogP contribution in [0.15, 0.2) is 36.4 Å². The molecule has 1 aromatic rings. The van der Waals surface area contributed by atoms with Gasteiger partial charge in [0.05, 0.1) is 19.8 Å². The molecule has 11 nitrogen and oxygen atoms in total. The molecular formula is C20H26O11. The summed E-state index contributed by atoms with van der Waals surface area (Å²) >= 11 is 0. The van der Waals surface area contributed by atoms with Gasteiger partial charge in [-0.15, -0.1) is 0 Å². The summed E-state index contributed by atoms with van der Waals surface area (Å²) in [7, 11) is 0. The molecule has 0 saturated carbocycles. The molecule has 1 fully saturated rings. The highest BCUT2D eigenvalue weighted by Gasteiger charge is 2.44. The molecular weight excluding hydrogens is 416 g/mol. The average molecular weight is 442 g/mol. The minimum absolute atomic E-state index is 0.0774. The van der Waals surface area contributed by atoms with Gasteiger partial charge in [-0.1, -0.05) is 12.6 Å². The van der Waals surface area contributed by atoms with E-state index in [9.17, 15) is 40.5 Å². The molecule has 1 aromatic carbocycles. The first-order chi connectivity index (χ1) is 14.7. The van der Waals surface area contributed by atoms with Crippen molar-refractivity contribution in [2.75, 3.05) is 19.8 Å². The number of rotatable bonds is 9. The predicted octanol–water partition coefficient (Wildman–Crippen LogP) is -1.61. The van der Waals surface area contributed by atoms with E-state index in [1.165, 1.54) is 24.3 Å². The monoisotopic (exact) mass is 442 g/mol. The Balaban J connectivity index is 2.00. The molecule has 0 aromatic heterocycles. The first kappa shape index (κ1) is 24.8. The number of carbonyl (C=O) groups is 1. The van der Waals surface area contributed by atoms with E-state index in [-0.39, 0.29) is 17.1 Å². The van der Waals surface area contributed by atoms with Crippen molar-refractivity contribution in [3.8, 4) is 11.5 Å². The van der Waals surface area contributed by atoms with Crippen LogP contribution in [0.4, 0.5) is 0 Å². The topological polar surface area (TPSA) is 186 Å². The van der Waals surface area contributed by atoms with Crippen LogP contribution in [0.3, 0.4) is 0 Å². The molecule has 0 radical (unpaired) electrons. The van der Waals surface area contributed by atoms with Crippen molar-refractivity contribution >= 4 is 12.0 Å². The first-order valence-electron chi connectivity index (χ1n) is 9.29. The number of carbonyl (C=O) groups excluding carboxylic acids is 1. The molecule has 4 unspecified atom stereocenters. The standard InChI is InChI=1S/C20H26O11/c1-10(7-21)15(9-29-20-19(28)18(27)17(26)14(8-22)31-20)30-16(25)5-3-11-2-4-12(23)13(24)6-11/h2-6,14-15,17-24,26-28H,1,7-9H2/b5-3+/t14?,15?,17-,18?,19?,20-/m1/s1. The lowest BCUT2D eigenvalue weighted by Gasteiger charge is -2.39. The van der Waals surface area contributed by atoms with Gasteiger partial charge < -0.3 is 50.0 Å². The first-order valence-corrected chi connectivity index (χ1v) is 9.29. The minimum Gasteiger partial charge on any atom is -0.504 e. The number of aliphatic hydroxyl groups excluding tert-OH is 5. The number of phenols is 2. The van der Waals surface area contributed by atoms with Gasteiger partial charge in [-0.05, 0) is 29.3 Å². The van der Waals surface area contributed by atoms with Crippen molar-refractivity contribution in [1.82, 2.24) is 0 Å². The van der Waals surface area contributed by atoms with Crippen LogP contribution in [0.25, 0.3) is 6.08 Å². The Morgan fingerprint density at radius 1 is 1.13 bits per heavy atom. The van der Waals surface area contributed by atoms with Crippen molar-refractivity contribution in [1.29, 1.82) is 0 Å².